The highest BCUT2D eigenvalue weighted by molar-refractivity contribution is 6.33. The van der Waals surface area contributed by atoms with Gasteiger partial charge in [-0.2, -0.15) is 0 Å². The van der Waals surface area contributed by atoms with E-state index in [1.165, 1.54) is 30.5 Å². The highest BCUT2D eigenvalue weighted by Crippen LogP contribution is 2.18. The van der Waals surface area contributed by atoms with Crippen LogP contribution in [0.1, 0.15) is 10.4 Å². The number of hydrogen-bond acceptors (Lipinski definition) is 3. The zero-order valence-electron chi connectivity index (χ0n) is 9.15. The van der Waals surface area contributed by atoms with Gasteiger partial charge in [-0.05, 0) is 24.3 Å². The molecule has 0 atom stereocenters. The summed E-state index contributed by atoms with van der Waals surface area (Å²) in [5, 5.41) is 2.72. The van der Waals surface area contributed by atoms with Crippen LogP contribution in [0.2, 0.25) is 5.02 Å². The van der Waals surface area contributed by atoms with E-state index in [2.05, 4.69) is 10.3 Å². The number of halogens is 2. The van der Waals surface area contributed by atoms with E-state index in [-0.39, 0.29) is 16.4 Å². The molecule has 0 saturated carbocycles. The van der Waals surface area contributed by atoms with Crippen molar-refractivity contribution in [3.8, 4) is 0 Å². The molecule has 0 aliphatic carbocycles. The van der Waals surface area contributed by atoms with Crippen LogP contribution in [-0.4, -0.2) is 10.9 Å². The lowest BCUT2D eigenvalue weighted by molar-refractivity contribution is 0.102. The highest BCUT2D eigenvalue weighted by Gasteiger charge is 2.09. The van der Waals surface area contributed by atoms with Gasteiger partial charge in [-0.1, -0.05) is 17.7 Å². The van der Waals surface area contributed by atoms with Gasteiger partial charge in [0.25, 0.3) is 5.91 Å². The minimum atomic E-state index is -0.435. The van der Waals surface area contributed by atoms with E-state index >= 15 is 0 Å². The summed E-state index contributed by atoms with van der Waals surface area (Å²) in [6.07, 6.45) is 1.30. The number of benzene rings is 1. The van der Waals surface area contributed by atoms with Crippen molar-refractivity contribution in [3.05, 3.63) is 52.9 Å². The smallest absolute Gasteiger partial charge is 0.257 e. The minimum absolute atomic E-state index is 0.152. The summed E-state index contributed by atoms with van der Waals surface area (Å²) < 4.78 is 12.9. The predicted molar refractivity (Wildman–Crippen MR) is 68.0 cm³/mol. The van der Waals surface area contributed by atoms with Crippen molar-refractivity contribution in [1.82, 2.24) is 4.98 Å². The van der Waals surface area contributed by atoms with Crippen LogP contribution in [0.25, 0.3) is 0 Å². The second-order valence-electron chi connectivity index (χ2n) is 3.56. The molecule has 3 N–H and O–H groups in total. The molecule has 92 valence electrons. The standard InChI is InChI=1S/C12H9ClFN3O/c13-10-4-7(6-16-11(10)15)12(18)17-9-3-1-2-8(14)5-9/h1-6H,(H2,15,16)(H,17,18). The van der Waals surface area contributed by atoms with Gasteiger partial charge in [0.05, 0.1) is 10.6 Å². The highest BCUT2D eigenvalue weighted by atomic mass is 35.5. The number of pyridine rings is 1. The van der Waals surface area contributed by atoms with Crippen molar-refractivity contribution in [2.24, 2.45) is 0 Å². The number of carbonyl (C=O) groups excluding carboxylic acids is 1. The van der Waals surface area contributed by atoms with Crippen LogP contribution in [-0.2, 0) is 0 Å². The number of aromatic nitrogens is 1. The molecule has 4 nitrogen and oxygen atoms in total. The van der Waals surface area contributed by atoms with Gasteiger partial charge in [-0.15, -0.1) is 0 Å². The fourth-order valence-electron chi connectivity index (χ4n) is 1.34. The van der Waals surface area contributed by atoms with Crippen molar-refractivity contribution in [2.45, 2.75) is 0 Å². The maximum Gasteiger partial charge on any atom is 0.257 e. The number of carbonyl (C=O) groups is 1. The van der Waals surface area contributed by atoms with Gasteiger partial charge in [-0.25, -0.2) is 9.37 Å². The Morgan fingerprint density at radius 2 is 2.17 bits per heavy atom. The first-order valence-electron chi connectivity index (χ1n) is 5.04. The summed E-state index contributed by atoms with van der Waals surface area (Å²) in [5.41, 5.74) is 6.04. The van der Waals surface area contributed by atoms with Crippen LogP contribution in [0.15, 0.2) is 36.5 Å². The Bertz CT molecular complexity index is 604. The fourth-order valence-corrected chi connectivity index (χ4v) is 1.51. The number of nitrogens with two attached hydrogens (primary N) is 1. The monoisotopic (exact) mass is 265 g/mol. The van der Waals surface area contributed by atoms with E-state index < -0.39 is 11.7 Å². The second kappa shape index (κ2) is 5.01. The molecule has 1 amide bonds. The van der Waals surface area contributed by atoms with Gasteiger partial charge in [0, 0.05) is 11.9 Å². The van der Waals surface area contributed by atoms with Crippen LogP contribution in [0, 0.1) is 5.82 Å². The summed E-state index contributed by atoms with van der Waals surface area (Å²) in [5.74, 6) is -0.713. The molecule has 1 heterocycles. The van der Waals surface area contributed by atoms with Crippen LogP contribution in [0.3, 0.4) is 0 Å². The molecule has 0 radical (unpaired) electrons. The average molecular weight is 266 g/mol. The quantitative estimate of drug-likeness (QED) is 0.877. The normalized spacial score (nSPS) is 10.1. The Labute approximate surface area is 108 Å². The Hall–Kier alpha value is -2.14. The third kappa shape index (κ3) is 2.75. The maximum atomic E-state index is 12.9. The summed E-state index contributed by atoms with van der Waals surface area (Å²) in [7, 11) is 0. The molecule has 0 saturated heterocycles. The number of amides is 1. The van der Waals surface area contributed by atoms with Crippen LogP contribution < -0.4 is 11.1 Å². The average Bonchev–Trinajstić information content (AvgIpc) is 2.32. The molecule has 0 spiro atoms. The van der Waals surface area contributed by atoms with Crippen LogP contribution >= 0.6 is 11.6 Å². The lowest BCUT2D eigenvalue weighted by Gasteiger charge is -2.06. The van der Waals surface area contributed by atoms with Gasteiger partial charge in [0.15, 0.2) is 0 Å². The molecule has 0 fully saturated rings. The first-order valence-corrected chi connectivity index (χ1v) is 5.42. The lowest BCUT2D eigenvalue weighted by atomic mass is 10.2. The largest absolute Gasteiger partial charge is 0.382 e. The Kier molecular flexibility index (Phi) is 3.43. The summed E-state index contributed by atoms with van der Waals surface area (Å²) in [4.78, 5) is 15.6. The molecule has 2 aromatic rings. The maximum absolute atomic E-state index is 12.9. The van der Waals surface area contributed by atoms with E-state index in [1.54, 1.807) is 6.07 Å². The molecule has 1 aromatic carbocycles. The summed E-state index contributed by atoms with van der Waals surface area (Å²) >= 11 is 5.76. The van der Waals surface area contributed by atoms with Gasteiger partial charge < -0.3 is 11.1 Å². The third-order valence-electron chi connectivity index (χ3n) is 2.21. The topological polar surface area (TPSA) is 68.0 Å². The van der Waals surface area contributed by atoms with Crippen molar-refractivity contribution in [2.75, 3.05) is 11.1 Å². The van der Waals surface area contributed by atoms with E-state index in [9.17, 15) is 9.18 Å². The van der Waals surface area contributed by atoms with Gasteiger partial charge >= 0.3 is 0 Å². The molecule has 1 aromatic heterocycles. The zero-order chi connectivity index (χ0) is 13.1. The number of anilines is 2. The third-order valence-corrected chi connectivity index (χ3v) is 2.52. The van der Waals surface area contributed by atoms with Gasteiger partial charge in [0.2, 0.25) is 0 Å². The summed E-state index contributed by atoms with van der Waals surface area (Å²) in [6.45, 7) is 0. The molecular formula is C12H9ClFN3O. The molecule has 0 bridgehead atoms. The van der Waals surface area contributed by atoms with Crippen molar-refractivity contribution in [1.29, 1.82) is 0 Å². The van der Waals surface area contributed by atoms with Gasteiger partial charge in [-0.3, -0.25) is 4.79 Å². The minimum Gasteiger partial charge on any atom is -0.382 e. The molecular weight excluding hydrogens is 257 g/mol. The van der Waals surface area contributed by atoms with Gasteiger partial charge in [0.1, 0.15) is 11.6 Å². The van der Waals surface area contributed by atoms with E-state index in [1.807, 2.05) is 0 Å². The second-order valence-corrected chi connectivity index (χ2v) is 3.96. The van der Waals surface area contributed by atoms with Crippen molar-refractivity contribution in [3.63, 3.8) is 0 Å². The fraction of sp³-hybridized carbons (Fsp3) is 0. The van der Waals surface area contributed by atoms with E-state index in [4.69, 9.17) is 17.3 Å². The molecule has 18 heavy (non-hydrogen) atoms. The Morgan fingerprint density at radius 3 is 2.83 bits per heavy atom. The molecule has 0 aliphatic heterocycles. The SMILES string of the molecule is Nc1ncc(C(=O)Nc2cccc(F)c2)cc1Cl. The number of hydrogen-bond donors (Lipinski definition) is 2. The Balaban J connectivity index is 2.19. The number of nitrogen functional groups attached to an aromatic ring is 1. The zero-order valence-corrected chi connectivity index (χ0v) is 9.91. The van der Waals surface area contributed by atoms with E-state index in [0.29, 0.717) is 5.69 Å². The van der Waals surface area contributed by atoms with E-state index in [0.717, 1.165) is 0 Å². The number of nitrogens with one attached hydrogen (secondary N) is 1. The molecule has 0 unspecified atom stereocenters. The lowest BCUT2D eigenvalue weighted by Crippen LogP contribution is -2.12. The van der Waals surface area contributed by atoms with Crippen molar-refractivity contribution < 1.29 is 9.18 Å². The van der Waals surface area contributed by atoms with Crippen molar-refractivity contribution >= 4 is 29.0 Å². The summed E-state index contributed by atoms with van der Waals surface area (Å²) in [6, 6.07) is 6.98. The molecule has 0 aliphatic rings. The number of rotatable bonds is 2. The first-order chi connectivity index (χ1) is 8.56. The molecule has 2 rings (SSSR count). The predicted octanol–water partition coefficient (Wildman–Crippen LogP) is 2.71. The molecule has 6 heteroatoms. The van der Waals surface area contributed by atoms with Crippen LogP contribution in [0.4, 0.5) is 15.9 Å². The Morgan fingerprint density at radius 1 is 1.39 bits per heavy atom. The number of nitrogens with zero attached hydrogens (tertiary/aromatic N) is 1. The van der Waals surface area contributed by atoms with Crippen LogP contribution in [0.5, 0.6) is 0 Å². The first kappa shape index (κ1) is 12.3.